The van der Waals surface area contributed by atoms with Gasteiger partial charge in [0.2, 0.25) is 0 Å². The molecule has 3 aromatic carbocycles. The van der Waals surface area contributed by atoms with Crippen LogP contribution in [-0.2, 0) is 4.79 Å². The van der Waals surface area contributed by atoms with Gasteiger partial charge in [0.25, 0.3) is 5.91 Å². The quantitative estimate of drug-likeness (QED) is 0.396. The average molecular weight is 528 g/mol. The Balaban J connectivity index is 1.35. The molecule has 0 aromatic heterocycles. The Bertz CT molecular complexity index is 1200. The molecule has 1 amide bonds. The standard InChI is InChI=1S/C27H27ClFN3O3S/c1-2-34-25-17-19(3-12-24(25)35-18-26(33)30-22-8-4-20(28)5-9-22)27(36)32-15-13-31(14-16-32)23-10-6-21(29)7-11-23/h3-12,17H,2,13-16,18H2,1H3,(H,30,33). The molecule has 0 bridgehead atoms. The van der Waals surface area contributed by atoms with E-state index >= 15 is 0 Å². The fourth-order valence-corrected chi connectivity index (χ4v) is 4.34. The Labute approximate surface area is 220 Å². The van der Waals surface area contributed by atoms with Crippen molar-refractivity contribution in [1.82, 2.24) is 4.90 Å². The molecule has 36 heavy (non-hydrogen) atoms. The Hall–Kier alpha value is -3.36. The Morgan fingerprint density at radius 1 is 0.972 bits per heavy atom. The lowest BCUT2D eigenvalue weighted by Gasteiger charge is -2.37. The molecule has 1 saturated heterocycles. The third-order valence-electron chi connectivity index (χ3n) is 5.74. The van der Waals surface area contributed by atoms with Crippen LogP contribution in [0.25, 0.3) is 0 Å². The number of benzene rings is 3. The minimum Gasteiger partial charge on any atom is -0.490 e. The minimum absolute atomic E-state index is 0.169. The summed E-state index contributed by atoms with van der Waals surface area (Å²) in [5.74, 6) is 0.467. The first-order chi connectivity index (χ1) is 17.4. The van der Waals surface area contributed by atoms with Crippen molar-refractivity contribution in [2.45, 2.75) is 6.92 Å². The molecule has 4 rings (SSSR count). The van der Waals surface area contributed by atoms with E-state index in [1.807, 2.05) is 19.1 Å². The third-order valence-corrected chi connectivity index (χ3v) is 6.48. The molecular weight excluding hydrogens is 501 g/mol. The van der Waals surface area contributed by atoms with Gasteiger partial charge in [-0.2, -0.15) is 0 Å². The summed E-state index contributed by atoms with van der Waals surface area (Å²) >= 11 is 11.7. The van der Waals surface area contributed by atoms with Gasteiger partial charge in [0.05, 0.1) is 6.61 Å². The molecule has 0 saturated carbocycles. The number of piperazine rings is 1. The number of halogens is 2. The minimum atomic E-state index is -0.293. The highest BCUT2D eigenvalue weighted by Gasteiger charge is 2.21. The summed E-state index contributed by atoms with van der Waals surface area (Å²) in [5, 5.41) is 3.36. The Kier molecular flexibility index (Phi) is 8.61. The Morgan fingerprint density at radius 3 is 2.33 bits per heavy atom. The number of anilines is 2. The predicted molar refractivity (Wildman–Crippen MR) is 145 cm³/mol. The summed E-state index contributed by atoms with van der Waals surface area (Å²) in [6, 6.07) is 18.9. The lowest BCUT2D eigenvalue weighted by molar-refractivity contribution is -0.118. The van der Waals surface area contributed by atoms with Crippen molar-refractivity contribution in [1.29, 1.82) is 0 Å². The average Bonchev–Trinajstić information content (AvgIpc) is 2.89. The van der Waals surface area contributed by atoms with E-state index in [2.05, 4.69) is 15.1 Å². The SMILES string of the molecule is CCOc1cc(C(=S)N2CCN(c3ccc(F)cc3)CC2)ccc1OCC(=O)Nc1ccc(Cl)cc1. The van der Waals surface area contributed by atoms with Gasteiger partial charge in [-0.05, 0) is 73.7 Å². The molecule has 0 unspecified atom stereocenters. The van der Waals surface area contributed by atoms with Crippen LogP contribution in [0.3, 0.4) is 0 Å². The van der Waals surface area contributed by atoms with Crippen LogP contribution in [0.15, 0.2) is 66.7 Å². The molecule has 0 spiro atoms. The summed E-state index contributed by atoms with van der Waals surface area (Å²) < 4.78 is 24.7. The summed E-state index contributed by atoms with van der Waals surface area (Å²) in [6.07, 6.45) is 0. The van der Waals surface area contributed by atoms with Gasteiger partial charge >= 0.3 is 0 Å². The van der Waals surface area contributed by atoms with Gasteiger partial charge < -0.3 is 24.6 Å². The number of thiocarbonyl (C=S) groups is 1. The second kappa shape index (κ2) is 12.1. The lowest BCUT2D eigenvalue weighted by Crippen LogP contribution is -2.48. The number of rotatable bonds is 8. The number of nitrogens with zero attached hydrogens (tertiary/aromatic N) is 2. The van der Waals surface area contributed by atoms with Crippen molar-refractivity contribution < 1.29 is 18.7 Å². The van der Waals surface area contributed by atoms with Crippen LogP contribution in [0.2, 0.25) is 5.02 Å². The Morgan fingerprint density at radius 2 is 1.67 bits per heavy atom. The van der Waals surface area contributed by atoms with Crippen molar-refractivity contribution in [3.8, 4) is 11.5 Å². The van der Waals surface area contributed by atoms with E-state index in [0.717, 1.165) is 42.4 Å². The van der Waals surface area contributed by atoms with Crippen LogP contribution >= 0.6 is 23.8 Å². The van der Waals surface area contributed by atoms with E-state index in [-0.39, 0.29) is 18.3 Å². The first-order valence-corrected chi connectivity index (χ1v) is 12.5. The molecule has 3 aromatic rings. The fraction of sp³-hybridized carbons (Fsp3) is 0.259. The van der Waals surface area contributed by atoms with Gasteiger partial charge in [0.1, 0.15) is 10.8 Å². The zero-order valence-electron chi connectivity index (χ0n) is 19.9. The van der Waals surface area contributed by atoms with E-state index < -0.39 is 0 Å². The molecule has 188 valence electrons. The summed E-state index contributed by atoms with van der Waals surface area (Å²) in [6.45, 7) is 5.24. The van der Waals surface area contributed by atoms with Gasteiger partial charge in [0, 0.05) is 48.1 Å². The van der Waals surface area contributed by atoms with E-state index in [9.17, 15) is 9.18 Å². The maximum absolute atomic E-state index is 13.2. The monoisotopic (exact) mass is 527 g/mol. The largest absolute Gasteiger partial charge is 0.490 e. The van der Waals surface area contributed by atoms with E-state index in [1.165, 1.54) is 12.1 Å². The number of ether oxygens (including phenoxy) is 2. The highest BCUT2D eigenvalue weighted by atomic mass is 35.5. The van der Waals surface area contributed by atoms with Crippen molar-refractivity contribution in [3.63, 3.8) is 0 Å². The molecule has 0 atom stereocenters. The second-order valence-electron chi connectivity index (χ2n) is 8.19. The topological polar surface area (TPSA) is 54.0 Å². The van der Waals surface area contributed by atoms with Gasteiger partial charge in [-0.15, -0.1) is 0 Å². The highest BCUT2D eigenvalue weighted by molar-refractivity contribution is 7.80. The number of carbonyl (C=O) groups is 1. The molecule has 1 aliphatic heterocycles. The smallest absolute Gasteiger partial charge is 0.262 e. The predicted octanol–water partition coefficient (Wildman–Crippen LogP) is 5.39. The normalized spacial score (nSPS) is 13.3. The zero-order chi connectivity index (χ0) is 25.5. The van der Waals surface area contributed by atoms with Crippen LogP contribution < -0.4 is 19.7 Å². The maximum Gasteiger partial charge on any atom is 0.262 e. The lowest BCUT2D eigenvalue weighted by atomic mass is 10.1. The van der Waals surface area contributed by atoms with Crippen LogP contribution in [-0.4, -0.2) is 55.2 Å². The molecule has 1 N–H and O–H groups in total. The summed E-state index contributed by atoms with van der Waals surface area (Å²) in [5.41, 5.74) is 2.49. The molecule has 6 nitrogen and oxygen atoms in total. The summed E-state index contributed by atoms with van der Waals surface area (Å²) in [4.78, 5) is 17.4. The van der Waals surface area contributed by atoms with Crippen LogP contribution in [0.4, 0.5) is 15.8 Å². The van der Waals surface area contributed by atoms with Crippen molar-refractivity contribution in [2.24, 2.45) is 0 Å². The molecule has 0 aliphatic carbocycles. The van der Waals surface area contributed by atoms with Gasteiger partial charge in [0.15, 0.2) is 18.1 Å². The number of hydrogen-bond donors (Lipinski definition) is 1. The fourth-order valence-electron chi connectivity index (χ4n) is 3.90. The molecular formula is C27H27ClFN3O3S. The molecule has 1 aliphatic rings. The molecule has 0 radical (unpaired) electrons. The molecule has 9 heteroatoms. The first kappa shape index (κ1) is 25.7. The number of nitrogens with one attached hydrogen (secondary N) is 1. The number of amides is 1. The van der Waals surface area contributed by atoms with Gasteiger partial charge in [-0.1, -0.05) is 23.8 Å². The van der Waals surface area contributed by atoms with E-state index in [0.29, 0.717) is 28.8 Å². The van der Waals surface area contributed by atoms with Crippen LogP contribution in [0, 0.1) is 5.82 Å². The zero-order valence-corrected chi connectivity index (χ0v) is 21.4. The molecule has 1 heterocycles. The third kappa shape index (κ3) is 6.65. The number of carbonyl (C=O) groups excluding carboxylic acids is 1. The van der Waals surface area contributed by atoms with Gasteiger partial charge in [-0.3, -0.25) is 4.79 Å². The second-order valence-corrected chi connectivity index (χ2v) is 9.02. The first-order valence-electron chi connectivity index (χ1n) is 11.7. The van der Waals surface area contributed by atoms with Crippen LogP contribution in [0.5, 0.6) is 11.5 Å². The van der Waals surface area contributed by atoms with Crippen molar-refractivity contribution in [3.05, 3.63) is 83.1 Å². The van der Waals surface area contributed by atoms with E-state index in [1.54, 1.807) is 42.5 Å². The number of hydrogen-bond acceptors (Lipinski definition) is 5. The summed E-state index contributed by atoms with van der Waals surface area (Å²) in [7, 11) is 0. The molecule has 1 fully saturated rings. The van der Waals surface area contributed by atoms with Crippen LogP contribution in [0.1, 0.15) is 12.5 Å². The van der Waals surface area contributed by atoms with E-state index in [4.69, 9.17) is 33.3 Å². The van der Waals surface area contributed by atoms with Crippen molar-refractivity contribution in [2.75, 3.05) is 49.6 Å². The maximum atomic E-state index is 13.2. The van der Waals surface area contributed by atoms with Gasteiger partial charge in [-0.25, -0.2) is 4.39 Å². The highest BCUT2D eigenvalue weighted by Crippen LogP contribution is 2.30. The van der Waals surface area contributed by atoms with Crippen molar-refractivity contribution >= 4 is 46.1 Å².